The number of likely N-dealkylation sites (N-methyl/N-ethyl adjacent to an activating group) is 1. The van der Waals surface area contributed by atoms with Crippen molar-refractivity contribution in [3.63, 3.8) is 0 Å². The topological polar surface area (TPSA) is 29.9 Å². The molecule has 21 heavy (non-hydrogen) atoms. The fourth-order valence-corrected chi connectivity index (χ4v) is 4.13. The molecule has 2 rings (SSSR count). The second-order valence-electron chi connectivity index (χ2n) is 6.71. The molecule has 0 aromatic carbocycles. The summed E-state index contributed by atoms with van der Waals surface area (Å²) in [6, 6.07) is 0.486. The van der Waals surface area contributed by atoms with Crippen LogP contribution in [0.15, 0.2) is 0 Å². The van der Waals surface area contributed by atoms with Crippen molar-refractivity contribution in [2.24, 2.45) is 12.5 Å². The maximum absolute atomic E-state index is 6.55. The Morgan fingerprint density at radius 1 is 1.29 bits per heavy atom. The molecule has 1 aromatic rings. The molecule has 1 unspecified atom stereocenters. The van der Waals surface area contributed by atoms with Crippen LogP contribution in [0.5, 0.6) is 0 Å². The van der Waals surface area contributed by atoms with E-state index in [0.717, 1.165) is 30.1 Å². The molecule has 0 saturated heterocycles. The Hall–Kier alpha value is -0.540. The van der Waals surface area contributed by atoms with Crippen LogP contribution in [0.2, 0.25) is 5.02 Å². The van der Waals surface area contributed by atoms with Crippen LogP contribution in [0.3, 0.4) is 0 Å². The van der Waals surface area contributed by atoms with Gasteiger partial charge in [0.15, 0.2) is 0 Å². The third-order valence-corrected chi connectivity index (χ3v) is 5.62. The molecule has 1 atom stereocenters. The first-order chi connectivity index (χ1) is 10.0. The summed E-state index contributed by atoms with van der Waals surface area (Å²) in [7, 11) is 2.02. The Morgan fingerprint density at radius 3 is 2.48 bits per heavy atom. The van der Waals surface area contributed by atoms with Crippen molar-refractivity contribution in [1.82, 2.24) is 15.1 Å². The Labute approximate surface area is 134 Å². The van der Waals surface area contributed by atoms with Gasteiger partial charge in [-0.3, -0.25) is 4.68 Å². The molecule has 1 aliphatic rings. The van der Waals surface area contributed by atoms with Crippen molar-refractivity contribution in [2.75, 3.05) is 6.54 Å². The number of hydrogen-bond donors (Lipinski definition) is 1. The van der Waals surface area contributed by atoms with Gasteiger partial charge >= 0.3 is 0 Å². The van der Waals surface area contributed by atoms with Crippen molar-refractivity contribution in [3.05, 3.63) is 16.4 Å². The van der Waals surface area contributed by atoms with E-state index in [4.69, 9.17) is 11.6 Å². The highest BCUT2D eigenvalue weighted by Crippen LogP contribution is 2.40. The largest absolute Gasteiger partial charge is 0.313 e. The Balaban J connectivity index is 2.21. The van der Waals surface area contributed by atoms with E-state index in [-0.39, 0.29) is 0 Å². The summed E-state index contributed by atoms with van der Waals surface area (Å²) in [5.41, 5.74) is 2.60. The van der Waals surface area contributed by atoms with Crippen LogP contribution in [0.4, 0.5) is 0 Å². The van der Waals surface area contributed by atoms with E-state index in [1.807, 2.05) is 11.7 Å². The van der Waals surface area contributed by atoms with E-state index in [1.165, 1.54) is 37.8 Å². The quantitative estimate of drug-likeness (QED) is 0.856. The molecule has 3 nitrogen and oxygen atoms in total. The SMILES string of the molecule is CCNC(Cc1c(Cl)c(CC)nn1C)C1(C)CCCCC1. The number of aromatic nitrogens is 2. The summed E-state index contributed by atoms with van der Waals surface area (Å²) >= 11 is 6.55. The van der Waals surface area contributed by atoms with Gasteiger partial charge in [-0.1, -0.05) is 51.6 Å². The maximum Gasteiger partial charge on any atom is 0.0850 e. The number of nitrogens with one attached hydrogen (secondary N) is 1. The van der Waals surface area contributed by atoms with Gasteiger partial charge in [-0.15, -0.1) is 0 Å². The third kappa shape index (κ3) is 3.62. The minimum Gasteiger partial charge on any atom is -0.313 e. The van der Waals surface area contributed by atoms with Crippen LogP contribution in [-0.4, -0.2) is 22.4 Å². The minimum atomic E-state index is 0.383. The van der Waals surface area contributed by atoms with Gasteiger partial charge in [-0.05, 0) is 31.2 Å². The van der Waals surface area contributed by atoms with Crippen LogP contribution >= 0.6 is 11.6 Å². The van der Waals surface area contributed by atoms with Crippen molar-refractivity contribution in [2.45, 2.75) is 71.8 Å². The fourth-order valence-electron chi connectivity index (χ4n) is 3.75. The van der Waals surface area contributed by atoms with Gasteiger partial charge in [-0.2, -0.15) is 5.10 Å². The molecular weight excluding hydrogens is 282 g/mol. The molecule has 0 aliphatic heterocycles. The lowest BCUT2D eigenvalue weighted by Crippen LogP contribution is -2.46. The molecular formula is C17H30ClN3. The minimum absolute atomic E-state index is 0.383. The van der Waals surface area contributed by atoms with Crippen LogP contribution in [0.25, 0.3) is 0 Å². The molecule has 1 aromatic heterocycles. The zero-order chi connectivity index (χ0) is 15.5. The second kappa shape index (κ2) is 7.15. The summed E-state index contributed by atoms with van der Waals surface area (Å²) < 4.78 is 1.98. The standard InChI is InChI=1S/C17H30ClN3/c1-5-13-16(18)14(21(4)20-13)12-15(19-6-2)17(3)10-8-7-9-11-17/h15,19H,5-12H2,1-4H3. The summed E-state index contributed by atoms with van der Waals surface area (Å²) in [5, 5.41) is 9.17. The summed E-state index contributed by atoms with van der Waals surface area (Å²) in [4.78, 5) is 0. The highest BCUT2D eigenvalue weighted by atomic mass is 35.5. The summed E-state index contributed by atoms with van der Waals surface area (Å²) in [5.74, 6) is 0. The van der Waals surface area contributed by atoms with Crippen LogP contribution in [0.1, 0.15) is 64.3 Å². The van der Waals surface area contributed by atoms with Crippen molar-refractivity contribution in [3.8, 4) is 0 Å². The van der Waals surface area contributed by atoms with Crippen molar-refractivity contribution >= 4 is 11.6 Å². The first-order valence-corrected chi connectivity index (χ1v) is 8.83. The second-order valence-corrected chi connectivity index (χ2v) is 7.09. The molecule has 0 amide bonds. The van der Waals surface area contributed by atoms with Crippen molar-refractivity contribution in [1.29, 1.82) is 0 Å². The predicted molar refractivity (Wildman–Crippen MR) is 90.0 cm³/mol. The number of rotatable bonds is 6. The zero-order valence-electron chi connectivity index (χ0n) is 14.0. The van der Waals surface area contributed by atoms with Crippen LogP contribution in [0, 0.1) is 5.41 Å². The Kier molecular flexibility index (Phi) is 5.73. The fraction of sp³-hybridized carbons (Fsp3) is 0.824. The molecule has 1 saturated carbocycles. The molecule has 1 fully saturated rings. The molecule has 1 N–H and O–H groups in total. The van der Waals surface area contributed by atoms with Gasteiger partial charge in [0.2, 0.25) is 0 Å². The first-order valence-electron chi connectivity index (χ1n) is 8.45. The summed E-state index contributed by atoms with van der Waals surface area (Å²) in [6.45, 7) is 7.77. The number of aryl methyl sites for hydroxylation is 2. The Morgan fingerprint density at radius 2 is 1.95 bits per heavy atom. The molecule has 1 heterocycles. The maximum atomic E-state index is 6.55. The van der Waals surface area contributed by atoms with Gasteiger partial charge in [0.25, 0.3) is 0 Å². The van der Waals surface area contributed by atoms with Gasteiger partial charge < -0.3 is 5.32 Å². The molecule has 0 radical (unpaired) electrons. The van der Waals surface area contributed by atoms with E-state index < -0.39 is 0 Å². The van der Waals surface area contributed by atoms with Gasteiger partial charge in [0.05, 0.1) is 16.4 Å². The van der Waals surface area contributed by atoms with E-state index in [0.29, 0.717) is 11.5 Å². The van der Waals surface area contributed by atoms with Crippen molar-refractivity contribution < 1.29 is 0 Å². The van der Waals surface area contributed by atoms with Crippen LogP contribution < -0.4 is 5.32 Å². The zero-order valence-corrected chi connectivity index (χ0v) is 14.8. The van der Waals surface area contributed by atoms with Crippen LogP contribution in [-0.2, 0) is 19.9 Å². The van der Waals surface area contributed by atoms with E-state index >= 15 is 0 Å². The average Bonchev–Trinajstić information content (AvgIpc) is 2.74. The van der Waals surface area contributed by atoms with Gasteiger partial charge in [0, 0.05) is 19.5 Å². The number of hydrogen-bond acceptors (Lipinski definition) is 2. The van der Waals surface area contributed by atoms with E-state index in [2.05, 4.69) is 31.2 Å². The molecule has 120 valence electrons. The highest BCUT2D eigenvalue weighted by molar-refractivity contribution is 6.31. The molecule has 0 bridgehead atoms. The molecule has 4 heteroatoms. The average molecular weight is 312 g/mol. The molecule has 0 spiro atoms. The lowest BCUT2D eigenvalue weighted by Gasteiger charge is -2.41. The number of nitrogens with zero attached hydrogens (tertiary/aromatic N) is 2. The predicted octanol–water partition coefficient (Wildman–Crippen LogP) is 4.13. The Bertz CT molecular complexity index is 461. The molecule has 1 aliphatic carbocycles. The summed E-state index contributed by atoms with van der Waals surface area (Å²) in [6.07, 6.45) is 8.63. The monoisotopic (exact) mass is 311 g/mol. The smallest absolute Gasteiger partial charge is 0.0850 e. The number of halogens is 1. The third-order valence-electron chi connectivity index (χ3n) is 5.19. The lowest BCUT2D eigenvalue weighted by molar-refractivity contribution is 0.143. The first kappa shape index (κ1) is 16.8. The lowest BCUT2D eigenvalue weighted by atomic mass is 9.69. The van der Waals surface area contributed by atoms with Gasteiger partial charge in [0.1, 0.15) is 0 Å². The normalized spacial score (nSPS) is 19.7. The van der Waals surface area contributed by atoms with Gasteiger partial charge in [-0.25, -0.2) is 0 Å². The van der Waals surface area contributed by atoms with E-state index in [1.54, 1.807) is 0 Å². The highest BCUT2D eigenvalue weighted by Gasteiger charge is 2.36. The van der Waals surface area contributed by atoms with E-state index in [9.17, 15) is 0 Å².